The number of rotatable bonds is 4. The summed E-state index contributed by atoms with van der Waals surface area (Å²) in [6.45, 7) is 5.29. The molecule has 4 rings (SSSR count). The molecule has 2 aromatic carbocycles. The van der Waals surface area contributed by atoms with Crippen molar-refractivity contribution in [3.63, 3.8) is 0 Å². The van der Waals surface area contributed by atoms with Crippen LogP contribution in [0.25, 0.3) is 10.9 Å². The Bertz CT molecular complexity index is 1150. The van der Waals surface area contributed by atoms with Gasteiger partial charge in [0.05, 0.1) is 23.3 Å². The smallest absolute Gasteiger partial charge is 0.407 e. The summed E-state index contributed by atoms with van der Waals surface area (Å²) in [5.74, 6) is -0.430. The minimum atomic E-state index is -0.477. The van der Waals surface area contributed by atoms with E-state index in [1.54, 1.807) is 0 Å². The summed E-state index contributed by atoms with van der Waals surface area (Å²) in [6.07, 6.45) is 0.686. The van der Waals surface area contributed by atoms with Crippen molar-refractivity contribution in [3.8, 4) is 6.07 Å². The second-order valence-electron chi connectivity index (χ2n) is 7.95. The molecule has 2 N–H and O–H groups in total. The number of hydrogen-bond donors (Lipinski definition) is 2. The molecule has 0 aliphatic carbocycles. The van der Waals surface area contributed by atoms with Gasteiger partial charge in [-0.15, -0.1) is 0 Å². The third kappa shape index (κ3) is 4.19. The summed E-state index contributed by atoms with van der Waals surface area (Å²) in [4.78, 5) is 17.4. The van der Waals surface area contributed by atoms with Gasteiger partial charge in [0.2, 0.25) is 0 Å². The van der Waals surface area contributed by atoms with Gasteiger partial charge >= 0.3 is 6.09 Å². The Morgan fingerprint density at radius 2 is 2.13 bits per heavy atom. The standard InChI is InChI=1S/C24H25FN4O2/c1-15-16(2)28-22-18(12-26)11-20(25)23(21(15)22)29-10-6-9-19(14-29)31-24(30)27-13-17-7-4-3-5-8-17/h3-5,7-8,11,19,28H,6,9-10,13-14H2,1-2H3,(H,27,30)/t19-/m0/s1. The quantitative estimate of drug-likeness (QED) is 0.642. The van der Waals surface area contributed by atoms with E-state index in [0.717, 1.165) is 35.0 Å². The number of H-pyrrole nitrogens is 1. The molecule has 1 saturated heterocycles. The topological polar surface area (TPSA) is 81.2 Å². The monoisotopic (exact) mass is 420 g/mol. The van der Waals surface area contributed by atoms with Gasteiger partial charge in [0.25, 0.3) is 0 Å². The van der Waals surface area contributed by atoms with Gasteiger partial charge in [-0.2, -0.15) is 5.26 Å². The van der Waals surface area contributed by atoms with Crippen LogP contribution in [-0.2, 0) is 11.3 Å². The number of nitrogens with zero attached hydrogens (tertiary/aromatic N) is 2. The number of anilines is 1. The number of aromatic nitrogens is 1. The number of nitriles is 1. The summed E-state index contributed by atoms with van der Waals surface area (Å²) in [5.41, 5.74) is 4.22. The first-order chi connectivity index (χ1) is 15.0. The molecular weight excluding hydrogens is 395 g/mol. The van der Waals surface area contributed by atoms with Crippen molar-refractivity contribution in [3.05, 3.63) is 64.6 Å². The lowest BCUT2D eigenvalue weighted by molar-refractivity contribution is 0.0879. The summed E-state index contributed by atoms with van der Waals surface area (Å²) in [5, 5.41) is 12.9. The van der Waals surface area contributed by atoms with Gasteiger partial charge in [0, 0.05) is 24.2 Å². The summed E-state index contributed by atoms with van der Waals surface area (Å²) >= 11 is 0. The fraction of sp³-hybridized carbons (Fsp3) is 0.333. The number of halogens is 1. The van der Waals surface area contributed by atoms with Gasteiger partial charge in [-0.05, 0) is 43.9 Å². The van der Waals surface area contributed by atoms with E-state index in [0.29, 0.717) is 30.8 Å². The first-order valence-corrected chi connectivity index (χ1v) is 10.4. The zero-order valence-corrected chi connectivity index (χ0v) is 17.7. The van der Waals surface area contributed by atoms with Crippen LogP contribution >= 0.6 is 0 Å². The van der Waals surface area contributed by atoms with E-state index < -0.39 is 11.9 Å². The Balaban J connectivity index is 1.51. The van der Waals surface area contributed by atoms with Crippen LogP contribution in [0.4, 0.5) is 14.9 Å². The third-order valence-corrected chi connectivity index (χ3v) is 5.87. The molecule has 1 aromatic heterocycles. The van der Waals surface area contributed by atoms with Crippen LogP contribution in [0.1, 0.15) is 35.2 Å². The van der Waals surface area contributed by atoms with E-state index in [1.807, 2.05) is 49.1 Å². The number of carbonyl (C=O) groups excluding carboxylic acids is 1. The molecule has 3 aromatic rings. The minimum absolute atomic E-state index is 0.289. The average molecular weight is 420 g/mol. The molecule has 0 saturated carbocycles. The summed E-state index contributed by atoms with van der Waals surface area (Å²) in [7, 11) is 0. The van der Waals surface area contributed by atoms with Gasteiger partial charge in [-0.25, -0.2) is 9.18 Å². The van der Waals surface area contributed by atoms with Crippen LogP contribution in [0.3, 0.4) is 0 Å². The van der Waals surface area contributed by atoms with Crippen molar-refractivity contribution >= 4 is 22.7 Å². The van der Waals surface area contributed by atoms with Gasteiger partial charge < -0.3 is 19.9 Å². The molecule has 0 bridgehead atoms. The Morgan fingerprint density at radius 1 is 1.35 bits per heavy atom. The molecule has 160 valence electrons. The number of nitrogens with one attached hydrogen (secondary N) is 2. The van der Waals surface area contributed by atoms with Gasteiger partial charge in [0.15, 0.2) is 0 Å². The third-order valence-electron chi connectivity index (χ3n) is 5.87. The predicted octanol–water partition coefficient (Wildman–Crippen LogP) is 4.69. The van der Waals surface area contributed by atoms with E-state index in [4.69, 9.17) is 4.74 Å². The number of fused-ring (bicyclic) bond motifs is 1. The van der Waals surface area contributed by atoms with Gasteiger partial charge in [0.1, 0.15) is 18.0 Å². The molecule has 2 heterocycles. The molecule has 1 amide bonds. The van der Waals surface area contributed by atoms with Crippen LogP contribution in [0.5, 0.6) is 0 Å². The maximum Gasteiger partial charge on any atom is 0.407 e. The Morgan fingerprint density at radius 3 is 2.87 bits per heavy atom. The van der Waals surface area contributed by atoms with Crippen molar-refractivity contribution < 1.29 is 13.9 Å². The zero-order valence-electron chi connectivity index (χ0n) is 17.7. The number of ether oxygens (including phenoxy) is 1. The fourth-order valence-electron chi connectivity index (χ4n) is 4.20. The molecular formula is C24H25FN4O2. The van der Waals surface area contributed by atoms with E-state index in [9.17, 15) is 10.1 Å². The van der Waals surface area contributed by atoms with E-state index in [1.165, 1.54) is 6.07 Å². The number of carbonyl (C=O) groups is 1. The van der Waals surface area contributed by atoms with E-state index in [2.05, 4.69) is 16.4 Å². The highest BCUT2D eigenvalue weighted by molar-refractivity contribution is 5.99. The Hall–Kier alpha value is -3.53. The van der Waals surface area contributed by atoms with Crippen LogP contribution in [0.2, 0.25) is 0 Å². The molecule has 7 heteroatoms. The second-order valence-corrected chi connectivity index (χ2v) is 7.95. The highest BCUT2D eigenvalue weighted by Crippen LogP contribution is 2.37. The number of benzene rings is 2. The first kappa shape index (κ1) is 20.7. The Kier molecular flexibility index (Phi) is 5.81. The van der Waals surface area contributed by atoms with Gasteiger partial charge in [-0.3, -0.25) is 0 Å². The lowest BCUT2D eigenvalue weighted by Crippen LogP contribution is -2.42. The van der Waals surface area contributed by atoms with Crippen LogP contribution < -0.4 is 10.2 Å². The molecule has 0 spiro atoms. The number of alkyl carbamates (subject to hydrolysis) is 1. The second kappa shape index (κ2) is 8.68. The van der Waals surface area contributed by atoms with Crippen molar-refractivity contribution in [2.45, 2.75) is 39.3 Å². The number of piperidine rings is 1. The number of aryl methyl sites for hydroxylation is 2. The molecule has 0 radical (unpaired) electrons. The fourth-order valence-corrected chi connectivity index (χ4v) is 4.20. The Labute approximate surface area is 180 Å². The highest BCUT2D eigenvalue weighted by atomic mass is 19.1. The van der Waals surface area contributed by atoms with Crippen molar-refractivity contribution in [1.82, 2.24) is 10.3 Å². The number of aromatic amines is 1. The lowest BCUT2D eigenvalue weighted by atomic mass is 10.0. The van der Waals surface area contributed by atoms with E-state index >= 15 is 4.39 Å². The zero-order chi connectivity index (χ0) is 22.0. The van der Waals surface area contributed by atoms with Crippen molar-refractivity contribution in [2.75, 3.05) is 18.0 Å². The molecule has 1 atom stereocenters. The highest BCUT2D eigenvalue weighted by Gasteiger charge is 2.28. The van der Waals surface area contributed by atoms with Gasteiger partial charge in [-0.1, -0.05) is 30.3 Å². The van der Waals surface area contributed by atoms with Crippen molar-refractivity contribution in [2.24, 2.45) is 0 Å². The maximum atomic E-state index is 15.1. The molecule has 31 heavy (non-hydrogen) atoms. The summed E-state index contributed by atoms with van der Waals surface area (Å²) in [6, 6.07) is 13.0. The van der Waals surface area contributed by atoms with Crippen LogP contribution in [-0.4, -0.2) is 30.3 Å². The number of amides is 1. The molecule has 1 fully saturated rings. The summed E-state index contributed by atoms with van der Waals surface area (Å²) < 4.78 is 20.7. The minimum Gasteiger partial charge on any atom is -0.444 e. The largest absolute Gasteiger partial charge is 0.444 e. The molecule has 1 aliphatic heterocycles. The lowest BCUT2D eigenvalue weighted by Gasteiger charge is -2.34. The first-order valence-electron chi connectivity index (χ1n) is 10.4. The average Bonchev–Trinajstić information content (AvgIpc) is 3.07. The molecule has 6 nitrogen and oxygen atoms in total. The maximum absolute atomic E-state index is 15.1. The van der Waals surface area contributed by atoms with Crippen molar-refractivity contribution in [1.29, 1.82) is 5.26 Å². The SMILES string of the molecule is Cc1[nH]c2c(C#N)cc(F)c(N3CCC[C@H](OC(=O)NCc4ccccc4)C3)c2c1C. The normalized spacial score (nSPS) is 16.2. The molecule has 1 aliphatic rings. The predicted molar refractivity (Wildman–Crippen MR) is 117 cm³/mol. The van der Waals surface area contributed by atoms with Crippen LogP contribution in [0, 0.1) is 31.0 Å². The number of hydrogen-bond acceptors (Lipinski definition) is 4. The van der Waals surface area contributed by atoms with E-state index in [-0.39, 0.29) is 11.7 Å². The molecule has 0 unspecified atom stereocenters. The van der Waals surface area contributed by atoms with Crippen LogP contribution in [0.15, 0.2) is 36.4 Å².